The summed E-state index contributed by atoms with van der Waals surface area (Å²) < 4.78 is 2.30. The van der Waals surface area contributed by atoms with E-state index in [9.17, 15) is 0 Å². The molecule has 1 aliphatic carbocycles. The van der Waals surface area contributed by atoms with Crippen molar-refractivity contribution in [3.05, 3.63) is 28.6 Å². The van der Waals surface area contributed by atoms with E-state index >= 15 is 0 Å². The summed E-state index contributed by atoms with van der Waals surface area (Å²) in [5, 5.41) is 0. The molecule has 0 saturated carbocycles. The number of hydrogen-bond donors (Lipinski definition) is 0. The average molecular weight is 238 g/mol. The Morgan fingerprint density at radius 3 is 3.17 bits per heavy atom. The van der Waals surface area contributed by atoms with Gasteiger partial charge in [-0.05, 0) is 25.3 Å². The Hall–Kier alpha value is -1.75. The first-order valence-electron chi connectivity index (χ1n) is 6.74. The summed E-state index contributed by atoms with van der Waals surface area (Å²) in [6, 6.07) is 0. The van der Waals surface area contributed by atoms with Crippen LogP contribution in [-0.2, 0) is 13.5 Å². The van der Waals surface area contributed by atoms with Crippen LogP contribution < -0.4 is 0 Å². The van der Waals surface area contributed by atoms with E-state index in [1.807, 2.05) is 6.21 Å². The van der Waals surface area contributed by atoms with Gasteiger partial charge in [0, 0.05) is 37.5 Å². The molecule has 1 aromatic rings. The summed E-state index contributed by atoms with van der Waals surface area (Å²) in [6.07, 6.45) is 12.1. The normalized spacial score (nSPS) is 19.4. The lowest BCUT2D eigenvalue weighted by Crippen LogP contribution is -2.00. The van der Waals surface area contributed by atoms with Crippen LogP contribution in [-0.4, -0.2) is 17.3 Å². The predicted molar refractivity (Wildman–Crippen MR) is 76.0 cm³/mol. The number of fused-ring (bicyclic) bond motifs is 3. The summed E-state index contributed by atoms with van der Waals surface area (Å²) in [5.74, 6) is 6.52. The number of aliphatic imine (C=N–C) groups is 1. The maximum Gasteiger partial charge on any atom is 0.0587 e. The lowest BCUT2D eigenvalue weighted by molar-refractivity contribution is 0.667. The van der Waals surface area contributed by atoms with Crippen molar-refractivity contribution < 1.29 is 0 Å². The van der Waals surface area contributed by atoms with E-state index in [0.717, 1.165) is 19.4 Å². The van der Waals surface area contributed by atoms with E-state index in [4.69, 9.17) is 0 Å². The Morgan fingerprint density at radius 1 is 1.28 bits per heavy atom. The van der Waals surface area contributed by atoms with Gasteiger partial charge in [-0.3, -0.25) is 4.99 Å². The SMILES string of the molecule is Cn1c2c(c3c1CCCCC/N=C\3)C#CCC=C2. The highest BCUT2D eigenvalue weighted by Crippen LogP contribution is 2.25. The molecule has 1 aromatic heterocycles. The molecule has 2 heteroatoms. The molecule has 0 unspecified atom stereocenters. The topological polar surface area (TPSA) is 17.3 Å². The van der Waals surface area contributed by atoms with Crippen molar-refractivity contribution in [1.29, 1.82) is 0 Å². The highest BCUT2D eigenvalue weighted by atomic mass is 15.0. The van der Waals surface area contributed by atoms with Gasteiger partial charge in [-0.2, -0.15) is 0 Å². The monoisotopic (exact) mass is 238 g/mol. The van der Waals surface area contributed by atoms with E-state index < -0.39 is 0 Å². The standard InChI is InChI=1S/C16H18N2/c1-18-15-9-5-2-4-8-13(15)14-12-17-11-7-3-6-10-16(14)18/h5,9,12H,2-3,6-7,10-11H2,1H3/b17-12-. The molecular weight excluding hydrogens is 220 g/mol. The lowest BCUT2D eigenvalue weighted by Gasteiger charge is -2.05. The van der Waals surface area contributed by atoms with E-state index in [0.29, 0.717) is 0 Å². The average Bonchev–Trinajstić information content (AvgIpc) is 2.50. The number of hydrogen-bond acceptors (Lipinski definition) is 1. The Labute approximate surface area is 108 Å². The molecular formula is C16H18N2. The van der Waals surface area contributed by atoms with Gasteiger partial charge in [-0.15, -0.1) is 0 Å². The van der Waals surface area contributed by atoms with Crippen LogP contribution in [0.2, 0.25) is 0 Å². The van der Waals surface area contributed by atoms with Crippen molar-refractivity contribution >= 4 is 12.3 Å². The molecule has 0 fully saturated rings. The number of aromatic nitrogens is 1. The number of rotatable bonds is 0. The van der Waals surface area contributed by atoms with Crippen molar-refractivity contribution in [1.82, 2.24) is 4.57 Å². The zero-order chi connectivity index (χ0) is 12.4. The second-order valence-corrected chi connectivity index (χ2v) is 4.93. The fourth-order valence-corrected chi connectivity index (χ4v) is 2.74. The van der Waals surface area contributed by atoms with Crippen LogP contribution >= 0.6 is 0 Å². The molecule has 0 aromatic carbocycles. The fourth-order valence-electron chi connectivity index (χ4n) is 2.74. The molecule has 0 N–H and O–H groups in total. The van der Waals surface area contributed by atoms with Gasteiger partial charge in [0.05, 0.1) is 11.3 Å². The molecule has 0 bridgehead atoms. The third kappa shape index (κ3) is 1.90. The summed E-state index contributed by atoms with van der Waals surface area (Å²) in [5.41, 5.74) is 5.07. The van der Waals surface area contributed by atoms with Gasteiger partial charge in [0.25, 0.3) is 0 Å². The van der Waals surface area contributed by atoms with Crippen molar-refractivity contribution in [3.63, 3.8) is 0 Å². The Bertz CT molecular complexity index is 576. The first-order valence-corrected chi connectivity index (χ1v) is 6.74. The van der Waals surface area contributed by atoms with Crippen molar-refractivity contribution in [2.24, 2.45) is 12.0 Å². The van der Waals surface area contributed by atoms with Crippen LogP contribution in [0.25, 0.3) is 6.08 Å². The minimum absolute atomic E-state index is 0.848. The van der Waals surface area contributed by atoms with Crippen LogP contribution in [0.1, 0.15) is 48.2 Å². The molecule has 0 atom stereocenters. The van der Waals surface area contributed by atoms with Crippen LogP contribution in [0.4, 0.5) is 0 Å². The van der Waals surface area contributed by atoms with Crippen LogP contribution in [0.5, 0.6) is 0 Å². The quantitative estimate of drug-likeness (QED) is 0.618. The van der Waals surface area contributed by atoms with Crippen LogP contribution in [0, 0.1) is 11.8 Å². The van der Waals surface area contributed by atoms with Gasteiger partial charge in [-0.25, -0.2) is 0 Å². The zero-order valence-corrected chi connectivity index (χ0v) is 10.9. The van der Waals surface area contributed by atoms with Gasteiger partial charge in [0.15, 0.2) is 0 Å². The molecule has 0 radical (unpaired) electrons. The molecule has 1 aliphatic heterocycles. The molecule has 3 rings (SSSR count). The van der Waals surface area contributed by atoms with Gasteiger partial charge in [-0.1, -0.05) is 24.3 Å². The molecule has 2 aliphatic rings. The smallest absolute Gasteiger partial charge is 0.0587 e. The van der Waals surface area contributed by atoms with E-state index in [1.54, 1.807) is 0 Å². The van der Waals surface area contributed by atoms with E-state index in [2.05, 4.69) is 40.6 Å². The molecule has 0 spiro atoms. The molecule has 18 heavy (non-hydrogen) atoms. The van der Waals surface area contributed by atoms with E-state index in [-0.39, 0.29) is 0 Å². The molecule has 92 valence electrons. The Morgan fingerprint density at radius 2 is 2.22 bits per heavy atom. The summed E-state index contributed by atoms with van der Waals surface area (Å²) in [4.78, 5) is 4.55. The third-order valence-corrected chi connectivity index (χ3v) is 3.73. The summed E-state index contributed by atoms with van der Waals surface area (Å²) >= 11 is 0. The summed E-state index contributed by atoms with van der Waals surface area (Å²) in [7, 11) is 2.15. The summed E-state index contributed by atoms with van der Waals surface area (Å²) in [6.45, 7) is 0.951. The van der Waals surface area contributed by atoms with Gasteiger partial charge >= 0.3 is 0 Å². The minimum atomic E-state index is 0.848. The highest BCUT2D eigenvalue weighted by molar-refractivity contribution is 5.88. The third-order valence-electron chi connectivity index (χ3n) is 3.73. The van der Waals surface area contributed by atoms with E-state index in [1.165, 1.54) is 41.8 Å². The number of nitrogens with zero attached hydrogens (tertiary/aromatic N) is 2. The number of allylic oxidation sites excluding steroid dienone is 1. The zero-order valence-electron chi connectivity index (χ0n) is 10.9. The second-order valence-electron chi connectivity index (χ2n) is 4.93. The molecule has 2 nitrogen and oxygen atoms in total. The first kappa shape index (κ1) is 11.3. The lowest BCUT2D eigenvalue weighted by atomic mass is 10.1. The molecule has 2 heterocycles. The van der Waals surface area contributed by atoms with Crippen molar-refractivity contribution in [2.75, 3.05) is 6.54 Å². The van der Waals surface area contributed by atoms with Crippen molar-refractivity contribution in [3.8, 4) is 11.8 Å². The van der Waals surface area contributed by atoms with Crippen LogP contribution in [0.15, 0.2) is 11.1 Å². The van der Waals surface area contributed by atoms with Crippen molar-refractivity contribution in [2.45, 2.75) is 32.1 Å². The van der Waals surface area contributed by atoms with Gasteiger partial charge in [0.1, 0.15) is 0 Å². The van der Waals surface area contributed by atoms with Crippen LogP contribution in [0.3, 0.4) is 0 Å². The Balaban J connectivity index is 2.19. The molecule has 0 amide bonds. The van der Waals surface area contributed by atoms with Gasteiger partial charge in [0.2, 0.25) is 0 Å². The highest BCUT2D eigenvalue weighted by Gasteiger charge is 2.17. The maximum atomic E-state index is 4.55. The fraction of sp³-hybridized carbons (Fsp3) is 0.438. The van der Waals surface area contributed by atoms with Gasteiger partial charge < -0.3 is 4.57 Å². The first-order chi connectivity index (χ1) is 8.88. The Kier molecular flexibility index (Phi) is 3.06. The predicted octanol–water partition coefficient (Wildman–Crippen LogP) is 2.94. The largest absolute Gasteiger partial charge is 0.346 e. The maximum absolute atomic E-state index is 4.55. The molecule has 0 saturated heterocycles. The second kappa shape index (κ2) is 4.86. The minimum Gasteiger partial charge on any atom is -0.346 e.